The zero-order chi connectivity index (χ0) is 13.6. The molecule has 0 aliphatic carbocycles. The zero-order valence-electron chi connectivity index (χ0n) is 11.6. The van der Waals surface area contributed by atoms with E-state index >= 15 is 0 Å². The Morgan fingerprint density at radius 1 is 1.11 bits per heavy atom. The lowest BCUT2D eigenvalue weighted by Crippen LogP contribution is -2.41. The number of hydrogen-bond acceptors (Lipinski definition) is 3. The van der Waals surface area contributed by atoms with Crippen LogP contribution in [0.15, 0.2) is 18.2 Å². The Bertz CT molecular complexity index is 464. The summed E-state index contributed by atoms with van der Waals surface area (Å²) < 4.78 is 11.9. The number of benzene rings is 1. The number of hydrogen-bond donors (Lipinski definition) is 0. The largest absolute Gasteiger partial charge is 0.495 e. The van der Waals surface area contributed by atoms with Crippen LogP contribution in [0.2, 0.25) is 0 Å². The third kappa shape index (κ3) is 2.11. The molecule has 1 aromatic rings. The average molecular weight is 246 g/mol. The normalized spacial score (nSPS) is 21.1. The van der Waals surface area contributed by atoms with Crippen molar-refractivity contribution in [2.45, 2.75) is 45.8 Å². The summed E-state index contributed by atoms with van der Waals surface area (Å²) in [5, 5.41) is 0. The lowest BCUT2D eigenvalue weighted by atomic mass is 9.76. The molecule has 0 aromatic heterocycles. The number of rotatable bonds is 2. The molecule has 18 heavy (non-hydrogen) atoms. The first kappa shape index (κ1) is 13.3. The van der Waals surface area contributed by atoms with Crippen molar-refractivity contribution in [3.05, 3.63) is 29.3 Å². The van der Waals surface area contributed by atoms with E-state index in [1.807, 2.05) is 52.8 Å². The van der Waals surface area contributed by atoms with E-state index in [0.717, 1.165) is 17.3 Å². The molecule has 1 fully saturated rings. The Morgan fingerprint density at radius 3 is 2.17 bits per heavy atom. The number of carbonyl (C=O) groups excluding carboxylic acids is 1. The standard InChI is InChI=1S/C14H19BO3/c1-10-6-7-12(11(8-10)9-16)15-17-13(2,3)14(4,5)18-15/h6-9H,1-5H3. The third-order valence-corrected chi connectivity index (χ3v) is 3.88. The van der Waals surface area contributed by atoms with Crippen LogP contribution < -0.4 is 5.46 Å². The Morgan fingerprint density at radius 2 is 1.67 bits per heavy atom. The van der Waals surface area contributed by atoms with Crippen molar-refractivity contribution in [3.63, 3.8) is 0 Å². The molecule has 0 radical (unpaired) electrons. The SMILES string of the molecule is Cc1ccc(B2OC(C)(C)C(C)(C)O2)c(C=O)c1. The summed E-state index contributed by atoms with van der Waals surface area (Å²) >= 11 is 0. The third-order valence-electron chi connectivity index (χ3n) is 3.88. The average Bonchev–Trinajstić information content (AvgIpc) is 2.47. The summed E-state index contributed by atoms with van der Waals surface area (Å²) in [6.07, 6.45) is 0.855. The molecule has 4 heteroatoms. The molecule has 1 aliphatic heterocycles. The summed E-state index contributed by atoms with van der Waals surface area (Å²) in [5.74, 6) is 0. The minimum absolute atomic E-state index is 0.386. The molecule has 1 saturated heterocycles. The Balaban J connectivity index is 2.38. The quantitative estimate of drug-likeness (QED) is 0.592. The monoisotopic (exact) mass is 246 g/mol. The minimum atomic E-state index is -0.476. The number of aryl methyl sites for hydroxylation is 1. The summed E-state index contributed by atoms with van der Waals surface area (Å²) in [5.41, 5.74) is 1.71. The van der Waals surface area contributed by atoms with E-state index in [9.17, 15) is 4.79 Å². The van der Waals surface area contributed by atoms with Gasteiger partial charge in [-0.3, -0.25) is 4.79 Å². The molecule has 0 spiro atoms. The molecule has 0 bridgehead atoms. The highest BCUT2D eigenvalue weighted by molar-refractivity contribution is 6.63. The molecule has 0 N–H and O–H groups in total. The Kier molecular flexibility index (Phi) is 3.12. The van der Waals surface area contributed by atoms with Crippen LogP contribution in [0.4, 0.5) is 0 Å². The van der Waals surface area contributed by atoms with Crippen molar-refractivity contribution in [1.29, 1.82) is 0 Å². The van der Waals surface area contributed by atoms with Crippen LogP contribution in [-0.4, -0.2) is 24.6 Å². The lowest BCUT2D eigenvalue weighted by Gasteiger charge is -2.32. The van der Waals surface area contributed by atoms with Gasteiger partial charge in [0.25, 0.3) is 0 Å². The first-order chi connectivity index (χ1) is 8.27. The summed E-state index contributed by atoms with van der Waals surface area (Å²) in [7, 11) is -0.476. The van der Waals surface area contributed by atoms with E-state index in [0.29, 0.717) is 5.56 Å². The van der Waals surface area contributed by atoms with E-state index < -0.39 is 7.12 Å². The van der Waals surface area contributed by atoms with Crippen LogP contribution in [0.5, 0.6) is 0 Å². The second-order valence-electron chi connectivity index (χ2n) is 5.84. The molecule has 0 unspecified atom stereocenters. The molecule has 0 amide bonds. The highest BCUT2D eigenvalue weighted by atomic mass is 16.7. The van der Waals surface area contributed by atoms with Gasteiger partial charge in [-0.15, -0.1) is 0 Å². The molecule has 1 aliphatic rings. The second-order valence-corrected chi connectivity index (χ2v) is 5.84. The number of aldehydes is 1. The van der Waals surface area contributed by atoms with Crippen LogP contribution in [0, 0.1) is 6.92 Å². The highest BCUT2D eigenvalue weighted by Crippen LogP contribution is 2.36. The smallest absolute Gasteiger partial charge is 0.399 e. The first-order valence-corrected chi connectivity index (χ1v) is 6.18. The minimum Gasteiger partial charge on any atom is -0.399 e. The maximum atomic E-state index is 11.1. The molecule has 96 valence electrons. The van der Waals surface area contributed by atoms with E-state index in [1.165, 1.54) is 0 Å². The predicted octanol–water partition coefficient (Wildman–Crippen LogP) is 2.11. The van der Waals surface area contributed by atoms with Crippen LogP contribution >= 0.6 is 0 Å². The number of carbonyl (C=O) groups is 1. The van der Waals surface area contributed by atoms with Gasteiger partial charge in [0.2, 0.25) is 0 Å². The van der Waals surface area contributed by atoms with Crippen molar-refractivity contribution in [3.8, 4) is 0 Å². The van der Waals surface area contributed by atoms with Crippen LogP contribution in [0.25, 0.3) is 0 Å². The van der Waals surface area contributed by atoms with Crippen molar-refractivity contribution in [2.24, 2.45) is 0 Å². The fraction of sp³-hybridized carbons (Fsp3) is 0.500. The van der Waals surface area contributed by atoms with Gasteiger partial charge in [0.05, 0.1) is 11.2 Å². The maximum Gasteiger partial charge on any atom is 0.495 e. The molecule has 1 heterocycles. The van der Waals surface area contributed by atoms with Gasteiger partial charge in [-0.1, -0.05) is 17.7 Å². The van der Waals surface area contributed by atoms with Gasteiger partial charge in [0.15, 0.2) is 0 Å². The summed E-state index contributed by atoms with van der Waals surface area (Å²) in [6.45, 7) is 9.97. The van der Waals surface area contributed by atoms with E-state index in [4.69, 9.17) is 9.31 Å². The Labute approximate surface area is 109 Å². The van der Waals surface area contributed by atoms with Gasteiger partial charge in [0, 0.05) is 5.56 Å². The van der Waals surface area contributed by atoms with Gasteiger partial charge in [-0.05, 0) is 46.1 Å². The molecule has 1 aromatic carbocycles. The van der Waals surface area contributed by atoms with Crippen LogP contribution in [-0.2, 0) is 9.31 Å². The first-order valence-electron chi connectivity index (χ1n) is 6.18. The van der Waals surface area contributed by atoms with Crippen molar-refractivity contribution < 1.29 is 14.1 Å². The second kappa shape index (κ2) is 4.21. The van der Waals surface area contributed by atoms with Crippen LogP contribution in [0.3, 0.4) is 0 Å². The van der Waals surface area contributed by atoms with Crippen LogP contribution in [0.1, 0.15) is 43.6 Å². The van der Waals surface area contributed by atoms with E-state index in [2.05, 4.69) is 0 Å². The molecule has 0 saturated carbocycles. The fourth-order valence-electron chi connectivity index (χ4n) is 1.98. The van der Waals surface area contributed by atoms with E-state index in [-0.39, 0.29) is 11.2 Å². The lowest BCUT2D eigenvalue weighted by molar-refractivity contribution is 0.00578. The Hall–Kier alpha value is -1.13. The van der Waals surface area contributed by atoms with Crippen molar-refractivity contribution >= 4 is 18.9 Å². The van der Waals surface area contributed by atoms with Gasteiger partial charge >= 0.3 is 7.12 Å². The topological polar surface area (TPSA) is 35.5 Å². The summed E-state index contributed by atoms with van der Waals surface area (Å²) in [4.78, 5) is 11.1. The molecule has 2 rings (SSSR count). The summed E-state index contributed by atoms with van der Waals surface area (Å²) in [6, 6.07) is 5.72. The van der Waals surface area contributed by atoms with Gasteiger partial charge < -0.3 is 9.31 Å². The van der Waals surface area contributed by atoms with Crippen molar-refractivity contribution in [1.82, 2.24) is 0 Å². The van der Waals surface area contributed by atoms with Crippen molar-refractivity contribution in [2.75, 3.05) is 0 Å². The van der Waals surface area contributed by atoms with Gasteiger partial charge in [-0.2, -0.15) is 0 Å². The molecule has 3 nitrogen and oxygen atoms in total. The highest BCUT2D eigenvalue weighted by Gasteiger charge is 2.52. The van der Waals surface area contributed by atoms with E-state index in [1.54, 1.807) is 0 Å². The molecule has 0 atom stereocenters. The zero-order valence-corrected chi connectivity index (χ0v) is 11.6. The predicted molar refractivity (Wildman–Crippen MR) is 72.3 cm³/mol. The molecular formula is C14H19BO3. The van der Waals surface area contributed by atoms with Gasteiger partial charge in [-0.25, -0.2) is 0 Å². The fourth-order valence-corrected chi connectivity index (χ4v) is 1.98. The maximum absolute atomic E-state index is 11.1. The molecular weight excluding hydrogens is 227 g/mol. The van der Waals surface area contributed by atoms with Gasteiger partial charge in [0.1, 0.15) is 6.29 Å².